The van der Waals surface area contributed by atoms with E-state index in [4.69, 9.17) is 0 Å². The molecular weight excluding hydrogens is 349 g/mol. The number of thiophene rings is 1. The van der Waals surface area contributed by atoms with Crippen LogP contribution in [0.4, 0.5) is 4.39 Å². The average molecular weight is 363 g/mol. The van der Waals surface area contributed by atoms with Gasteiger partial charge in [0.1, 0.15) is 17.0 Å². The number of carbonyl (C=O) groups excluding carboxylic acids is 1. The van der Waals surface area contributed by atoms with Crippen molar-refractivity contribution in [2.24, 2.45) is 0 Å². The van der Waals surface area contributed by atoms with Crippen LogP contribution in [0.1, 0.15) is 15.2 Å². The van der Waals surface area contributed by atoms with E-state index in [1.165, 1.54) is 28.4 Å². The number of tetrazole rings is 1. The van der Waals surface area contributed by atoms with Crippen LogP contribution in [-0.4, -0.2) is 38.4 Å². The SMILES string of the molecule is O=C(NCCSCc1ccccc1F)c1sccc1-n1cnnn1. The Morgan fingerprint density at radius 3 is 3.00 bits per heavy atom. The lowest BCUT2D eigenvalue weighted by Gasteiger charge is -2.06. The van der Waals surface area contributed by atoms with Gasteiger partial charge < -0.3 is 5.32 Å². The molecule has 0 aliphatic carbocycles. The Kier molecular flexibility index (Phi) is 5.55. The molecule has 0 saturated heterocycles. The maximum atomic E-state index is 13.5. The standard InChI is InChI=1S/C15H14FN5OS2/c16-12-4-2-1-3-11(12)9-23-8-6-17-15(22)14-13(5-7-24-14)21-10-18-19-20-21/h1-5,7,10H,6,8-9H2,(H,17,22). The number of nitrogens with one attached hydrogen (secondary N) is 1. The molecule has 24 heavy (non-hydrogen) atoms. The molecule has 0 unspecified atom stereocenters. The Labute approximate surface area is 146 Å². The fourth-order valence-corrected chi connectivity index (χ4v) is 3.68. The van der Waals surface area contributed by atoms with E-state index in [-0.39, 0.29) is 11.7 Å². The average Bonchev–Trinajstić information content (AvgIpc) is 3.27. The number of halogens is 1. The first-order chi connectivity index (χ1) is 11.8. The third-order valence-electron chi connectivity index (χ3n) is 3.19. The highest BCUT2D eigenvalue weighted by atomic mass is 32.2. The summed E-state index contributed by atoms with van der Waals surface area (Å²) < 4.78 is 14.9. The molecule has 2 aromatic heterocycles. The van der Waals surface area contributed by atoms with E-state index in [9.17, 15) is 9.18 Å². The summed E-state index contributed by atoms with van der Waals surface area (Å²) in [5.41, 5.74) is 1.33. The quantitative estimate of drug-likeness (QED) is 0.653. The Morgan fingerprint density at radius 1 is 1.33 bits per heavy atom. The topological polar surface area (TPSA) is 72.7 Å². The van der Waals surface area contributed by atoms with Gasteiger partial charge in [0.2, 0.25) is 0 Å². The first-order valence-electron chi connectivity index (χ1n) is 7.16. The minimum absolute atomic E-state index is 0.165. The van der Waals surface area contributed by atoms with Crippen molar-refractivity contribution in [1.29, 1.82) is 0 Å². The van der Waals surface area contributed by atoms with E-state index in [0.717, 1.165) is 0 Å². The van der Waals surface area contributed by atoms with Crippen LogP contribution in [0.2, 0.25) is 0 Å². The zero-order valence-electron chi connectivity index (χ0n) is 12.6. The van der Waals surface area contributed by atoms with Crippen LogP contribution < -0.4 is 5.32 Å². The molecule has 0 saturated carbocycles. The number of nitrogens with zero attached hydrogens (tertiary/aromatic N) is 4. The lowest BCUT2D eigenvalue weighted by molar-refractivity contribution is 0.0960. The van der Waals surface area contributed by atoms with E-state index in [0.29, 0.717) is 34.2 Å². The summed E-state index contributed by atoms with van der Waals surface area (Å²) >= 11 is 2.91. The summed E-state index contributed by atoms with van der Waals surface area (Å²) in [7, 11) is 0. The van der Waals surface area contributed by atoms with E-state index in [2.05, 4.69) is 20.8 Å². The van der Waals surface area contributed by atoms with Gasteiger partial charge in [0.25, 0.3) is 5.91 Å². The molecule has 124 valence electrons. The number of thioether (sulfide) groups is 1. The Morgan fingerprint density at radius 2 is 2.21 bits per heavy atom. The van der Waals surface area contributed by atoms with Gasteiger partial charge in [-0.1, -0.05) is 18.2 Å². The van der Waals surface area contributed by atoms with Crippen LogP contribution >= 0.6 is 23.1 Å². The minimum Gasteiger partial charge on any atom is -0.350 e. The molecular formula is C15H14FN5OS2. The zero-order valence-corrected chi connectivity index (χ0v) is 14.2. The van der Waals surface area contributed by atoms with E-state index in [1.807, 2.05) is 11.4 Å². The second-order valence-electron chi connectivity index (χ2n) is 4.79. The van der Waals surface area contributed by atoms with E-state index in [1.54, 1.807) is 30.0 Å². The molecule has 0 atom stereocenters. The number of aromatic nitrogens is 4. The van der Waals surface area contributed by atoms with Gasteiger partial charge in [-0.05, 0) is 33.5 Å². The molecule has 3 rings (SSSR count). The summed E-state index contributed by atoms with van der Waals surface area (Å²) in [6.45, 7) is 0.505. The molecule has 1 aromatic carbocycles. The van der Waals surface area contributed by atoms with Crippen molar-refractivity contribution in [3.63, 3.8) is 0 Å². The Bertz CT molecular complexity index is 806. The zero-order chi connectivity index (χ0) is 16.8. The maximum Gasteiger partial charge on any atom is 0.263 e. The maximum absolute atomic E-state index is 13.5. The number of benzene rings is 1. The predicted molar refractivity (Wildman–Crippen MR) is 91.9 cm³/mol. The predicted octanol–water partition coefficient (Wildman–Crippen LogP) is 2.53. The van der Waals surface area contributed by atoms with Crippen LogP contribution in [0.15, 0.2) is 42.0 Å². The fourth-order valence-electron chi connectivity index (χ4n) is 2.04. The molecule has 1 N–H and O–H groups in total. The summed E-state index contributed by atoms with van der Waals surface area (Å²) in [5.74, 6) is 0.920. The molecule has 0 fully saturated rings. The highest BCUT2D eigenvalue weighted by molar-refractivity contribution is 7.98. The number of hydrogen-bond donors (Lipinski definition) is 1. The van der Waals surface area contributed by atoms with Crippen molar-refractivity contribution in [2.45, 2.75) is 5.75 Å². The molecule has 3 aromatic rings. The van der Waals surface area contributed by atoms with Crippen molar-refractivity contribution >= 4 is 29.0 Å². The van der Waals surface area contributed by atoms with Crippen LogP contribution in [-0.2, 0) is 5.75 Å². The Balaban J connectivity index is 1.47. The number of hydrogen-bond acceptors (Lipinski definition) is 6. The van der Waals surface area contributed by atoms with Crippen molar-refractivity contribution in [3.8, 4) is 5.69 Å². The highest BCUT2D eigenvalue weighted by Crippen LogP contribution is 2.20. The van der Waals surface area contributed by atoms with E-state index < -0.39 is 0 Å². The van der Waals surface area contributed by atoms with Crippen LogP contribution in [0.5, 0.6) is 0 Å². The summed E-state index contributed by atoms with van der Waals surface area (Å²) in [6, 6.07) is 8.51. The van der Waals surface area contributed by atoms with Gasteiger partial charge >= 0.3 is 0 Å². The molecule has 2 heterocycles. The van der Waals surface area contributed by atoms with Crippen molar-refractivity contribution in [1.82, 2.24) is 25.5 Å². The lowest BCUT2D eigenvalue weighted by atomic mass is 10.2. The third-order valence-corrected chi connectivity index (χ3v) is 5.10. The molecule has 6 nitrogen and oxygen atoms in total. The molecule has 0 aliphatic rings. The second-order valence-corrected chi connectivity index (χ2v) is 6.81. The highest BCUT2D eigenvalue weighted by Gasteiger charge is 2.15. The monoisotopic (exact) mass is 363 g/mol. The number of amides is 1. The van der Waals surface area contributed by atoms with Gasteiger partial charge in [-0.15, -0.1) is 16.4 Å². The summed E-state index contributed by atoms with van der Waals surface area (Å²) in [6.07, 6.45) is 1.45. The van der Waals surface area contributed by atoms with Gasteiger partial charge in [-0.2, -0.15) is 16.4 Å². The lowest BCUT2D eigenvalue weighted by Crippen LogP contribution is -2.26. The largest absolute Gasteiger partial charge is 0.350 e. The first-order valence-corrected chi connectivity index (χ1v) is 9.19. The summed E-state index contributed by atoms with van der Waals surface area (Å²) in [4.78, 5) is 12.8. The van der Waals surface area contributed by atoms with Crippen molar-refractivity contribution in [3.05, 3.63) is 58.3 Å². The molecule has 9 heteroatoms. The molecule has 0 aliphatic heterocycles. The normalized spacial score (nSPS) is 10.7. The molecule has 0 bridgehead atoms. The Hall–Kier alpha value is -2.26. The third kappa shape index (κ3) is 3.98. The first kappa shape index (κ1) is 16.6. The van der Waals surface area contributed by atoms with Gasteiger partial charge in [0, 0.05) is 18.1 Å². The number of rotatable bonds is 7. The van der Waals surface area contributed by atoms with Gasteiger partial charge in [-0.25, -0.2) is 4.39 Å². The summed E-state index contributed by atoms with van der Waals surface area (Å²) in [5, 5.41) is 15.6. The molecule has 0 spiro atoms. The van der Waals surface area contributed by atoms with Crippen molar-refractivity contribution in [2.75, 3.05) is 12.3 Å². The van der Waals surface area contributed by atoms with E-state index >= 15 is 0 Å². The van der Waals surface area contributed by atoms with Gasteiger partial charge in [0.15, 0.2) is 0 Å². The van der Waals surface area contributed by atoms with Crippen molar-refractivity contribution < 1.29 is 9.18 Å². The van der Waals surface area contributed by atoms with Crippen LogP contribution in [0, 0.1) is 5.82 Å². The number of carbonyl (C=O) groups is 1. The minimum atomic E-state index is -0.196. The fraction of sp³-hybridized carbons (Fsp3) is 0.200. The van der Waals surface area contributed by atoms with Gasteiger partial charge in [0.05, 0.1) is 5.69 Å². The van der Waals surface area contributed by atoms with Gasteiger partial charge in [-0.3, -0.25) is 4.79 Å². The molecule has 1 amide bonds. The van der Waals surface area contributed by atoms with Crippen LogP contribution in [0.3, 0.4) is 0 Å². The molecule has 0 radical (unpaired) electrons. The smallest absolute Gasteiger partial charge is 0.263 e. The second kappa shape index (κ2) is 8.02. The van der Waals surface area contributed by atoms with Crippen LogP contribution in [0.25, 0.3) is 5.69 Å².